The molecule has 7 nitrogen and oxygen atoms in total. The highest BCUT2D eigenvalue weighted by Gasteiger charge is 2.05. The minimum atomic E-state index is 0.102. The number of aromatic nitrogens is 3. The highest BCUT2D eigenvalue weighted by Crippen LogP contribution is 2.15. The summed E-state index contributed by atoms with van der Waals surface area (Å²) >= 11 is 0. The molecule has 0 bridgehead atoms. The van der Waals surface area contributed by atoms with Gasteiger partial charge in [-0.15, -0.1) is 0 Å². The second-order valence-corrected chi connectivity index (χ2v) is 7.27. The molecule has 1 aromatic carbocycles. The topological polar surface area (TPSA) is 76.4 Å². The zero-order valence-corrected chi connectivity index (χ0v) is 18.6. The van der Waals surface area contributed by atoms with Crippen molar-refractivity contribution < 1.29 is 4.74 Å². The van der Waals surface area contributed by atoms with Crippen molar-refractivity contribution in [2.45, 2.75) is 39.8 Å². The molecule has 0 amide bonds. The van der Waals surface area contributed by atoms with Gasteiger partial charge in [-0.3, -0.25) is 4.57 Å². The molecule has 0 radical (unpaired) electrons. The van der Waals surface area contributed by atoms with Gasteiger partial charge in [0.1, 0.15) is 11.6 Å². The van der Waals surface area contributed by atoms with Crippen molar-refractivity contribution in [2.24, 2.45) is 4.99 Å². The fourth-order valence-electron chi connectivity index (χ4n) is 3.14. The Morgan fingerprint density at radius 1 is 1.13 bits per heavy atom. The van der Waals surface area contributed by atoms with E-state index in [1.807, 2.05) is 54.2 Å². The molecule has 0 spiro atoms. The van der Waals surface area contributed by atoms with Crippen LogP contribution in [0, 0.1) is 6.92 Å². The number of aryl methyl sites for hydroxylation is 1. The highest BCUT2D eigenvalue weighted by atomic mass is 16.5. The van der Waals surface area contributed by atoms with E-state index >= 15 is 0 Å². The minimum Gasteiger partial charge on any atom is -0.374 e. The molecular weight excluding hydrogens is 388 g/mol. The van der Waals surface area contributed by atoms with Gasteiger partial charge in [-0.25, -0.2) is 15.0 Å². The van der Waals surface area contributed by atoms with Crippen LogP contribution < -0.4 is 10.6 Å². The molecule has 0 saturated heterocycles. The van der Waals surface area contributed by atoms with Crippen molar-refractivity contribution >= 4 is 5.96 Å². The third kappa shape index (κ3) is 6.93. The van der Waals surface area contributed by atoms with E-state index in [-0.39, 0.29) is 6.10 Å². The average molecular weight is 421 g/mol. The number of hydrogen-bond donors (Lipinski definition) is 2. The summed E-state index contributed by atoms with van der Waals surface area (Å²) in [6.07, 6.45) is 6.55. The van der Waals surface area contributed by atoms with Crippen LogP contribution in [0.3, 0.4) is 0 Å². The lowest BCUT2D eigenvalue weighted by molar-refractivity contribution is 0.0646. The normalized spacial score (nSPS) is 12.5. The van der Waals surface area contributed by atoms with E-state index in [4.69, 9.17) is 4.74 Å². The van der Waals surface area contributed by atoms with Gasteiger partial charge in [0.2, 0.25) is 0 Å². The maximum atomic E-state index is 5.93. The van der Waals surface area contributed by atoms with Gasteiger partial charge < -0.3 is 15.4 Å². The zero-order valence-electron chi connectivity index (χ0n) is 18.6. The standard InChI is InChI=1S/C24H32N6O/c1-4-25-24(27-13-8-16-31-19(2)22-9-6-5-7-10-22)29-18-21-11-12-23(28-17-21)30-15-14-26-20(30)3/h5-7,9-12,14-15,17,19H,4,8,13,16,18H2,1-3H3,(H2,25,27,29). The molecule has 3 aromatic rings. The summed E-state index contributed by atoms with van der Waals surface area (Å²) in [6, 6.07) is 14.3. The van der Waals surface area contributed by atoms with Gasteiger partial charge in [-0.2, -0.15) is 0 Å². The number of pyridine rings is 1. The van der Waals surface area contributed by atoms with E-state index in [0.29, 0.717) is 13.2 Å². The first-order valence-electron chi connectivity index (χ1n) is 10.8. The molecule has 0 saturated carbocycles. The van der Waals surface area contributed by atoms with Crippen molar-refractivity contribution in [2.75, 3.05) is 19.7 Å². The highest BCUT2D eigenvalue weighted by molar-refractivity contribution is 5.79. The zero-order chi connectivity index (χ0) is 21.9. The Labute approximate surface area is 184 Å². The first kappa shape index (κ1) is 22.5. The van der Waals surface area contributed by atoms with E-state index in [2.05, 4.69) is 51.6 Å². The molecular formula is C24H32N6O. The van der Waals surface area contributed by atoms with E-state index in [0.717, 1.165) is 42.7 Å². The molecule has 0 fully saturated rings. The summed E-state index contributed by atoms with van der Waals surface area (Å²) in [5.41, 5.74) is 2.26. The maximum absolute atomic E-state index is 5.93. The Morgan fingerprint density at radius 3 is 2.65 bits per heavy atom. The smallest absolute Gasteiger partial charge is 0.191 e. The van der Waals surface area contributed by atoms with Crippen LogP contribution in [-0.4, -0.2) is 40.2 Å². The Kier molecular flexibility index (Phi) is 8.60. The molecule has 0 aliphatic carbocycles. The summed E-state index contributed by atoms with van der Waals surface area (Å²) in [5.74, 6) is 2.57. The quantitative estimate of drug-likeness (QED) is 0.296. The molecule has 2 aromatic heterocycles. The summed E-state index contributed by atoms with van der Waals surface area (Å²) in [7, 11) is 0. The second-order valence-electron chi connectivity index (χ2n) is 7.27. The van der Waals surface area contributed by atoms with Crippen LogP contribution in [0.4, 0.5) is 0 Å². The van der Waals surface area contributed by atoms with Gasteiger partial charge >= 0.3 is 0 Å². The predicted molar refractivity (Wildman–Crippen MR) is 124 cm³/mol. The van der Waals surface area contributed by atoms with Crippen molar-refractivity contribution in [1.29, 1.82) is 0 Å². The summed E-state index contributed by atoms with van der Waals surface area (Å²) < 4.78 is 7.89. The first-order valence-corrected chi connectivity index (χ1v) is 10.8. The number of ether oxygens (including phenoxy) is 1. The molecule has 1 unspecified atom stereocenters. The number of benzene rings is 1. The van der Waals surface area contributed by atoms with Gasteiger partial charge in [0.15, 0.2) is 5.96 Å². The fraction of sp³-hybridized carbons (Fsp3) is 0.375. The Balaban J connectivity index is 1.44. The van der Waals surface area contributed by atoms with Gasteiger partial charge in [0.25, 0.3) is 0 Å². The van der Waals surface area contributed by atoms with Crippen molar-refractivity contribution in [3.8, 4) is 5.82 Å². The largest absolute Gasteiger partial charge is 0.374 e. The molecule has 2 heterocycles. The van der Waals surface area contributed by atoms with Crippen LogP contribution in [0.25, 0.3) is 5.82 Å². The van der Waals surface area contributed by atoms with Crippen molar-refractivity contribution in [3.05, 3.63) is 78.0 Å². The monoisotopic (exact) mass is 420 g/mol. The molecule has 1 atom stereocenters. The third-order valence-corrected chi connectivity index (χ3v) is 4.90. The van der Waals surface area contributed by atoms with Gasteiger partial charge in [-0.05, 0) is 44.4 Å². The molecule has 7 heteroatoms. The first-order chi connectivity index (χ1) is 15.2. The van der Waals surface area contributed by atoms with Gasteiger partial charge in [0.05, 0.1) is 12.6 Å². The second kappa shape index (κ2) is 11.9. The number of nitrogens with zero attached hydrogens (tertiary/aromatic N) is 4. The van der Waals surface area contributed by atoms with E-state index in [1.54, 1.807) is 6.20 Å². The number of nitrogens with one attached hydrogen (secondary N) is 2. The Bertz CT molecular complexity index is 936. The summed E-state index contributed by atoms with van der Waals surface area (Å²) in [5, 5.41) is 6.66. The summed E-state index contributed by atoms with van der Waals surface area (Å²) in [4.78, 5) is 13.4. The van der Waals surface area contributed by atoms with Crippen LogP contribution in [-0.2, 0) is 11.3 Å². The Morgan fingerprint density at radius 2 is 1.97 bits per heavy atom. The van der Waals surface area contributed by atoms with E-state index < -0.39 is 0 Å². The van der Waals surface area contributed by atoms with Crippen LogP contribution in [0.5, 0.6) is 0 Å². The lowest BCUT2D eigenvalue weighted by Crippen LogP contribution is -2.38. The molecule has 0 aliphatic heterocycles. The number of aliphatic imine (C=N–C) groups is 1. The van der Waals surface area contributed by atoms with Gasteiger partial charge in [-0.1, -0.05) is 36.4 Å². The van der Waals surface area contributed by atoms with Crippen LogP contribution in [0.2, 0.25) is 0 Å². The van der Waals surface area contributed by atoms with Crippen LogP contribution in [0.1, 0.15) is 43.3 Å². The number of guanidine groups is 1. The van der Waals surface area contributed by atoms with E-state index in [1.165, 1.54) is 5.56 Å². The van der Waals surface area contributed by atoms with Crippen molar-refractivity contribution in [1.82, 2.24) is 25.2 Å². The lowest BCUT2D eigenvalue weighted by Gasteiger charge is -2.14. The SMILES string of the molecule is CCNC(=NCc1ccc(-n2ccnc2C)nc1)NCCCOC(C)c1ccccc1. The van der Waals surface area contributed by atoms with E-state index in [9.17, 15) is 0 Å². The molecule has 164 valence electrons. The average Bonchev–Trinajstić information content (AvgIpc) is 3.23. The summed E-state index contributed by atoms with van der Waals surface area (Å²) in [6.45, 7) is 8.97. The minimum absolute atomic E-state index is 0.102. The van der Waals surface area contributed by atoms with Gasteiger partial charge in [0, 0.05) is 38.3 Å². The fourth-order valence-corrected chi connectivity index (χ4v) is 3.14. The number of rotatable bonds is 10. The molecule has 2 N–H and O–H groups in total. The number of imidazole rings is 1. The third-order valence-electron chi connectivity index (χ3n) is 4.90. The van der Waals surface area contributed by atoms with Crippen LogP contribution in [0.15, 0.2) is 66.0 Å². The Hall–Kier alpha value is -3.19. The molecule has 0 aliphatic rings. The van der Waals surface area contributed by atoms with Crippen LogP contribution >= 0.6 is 0 Å². The van der Waals surface area contributed by atoms with Crippen molar-refractivity contribution in [3.63, 3.8) is 0 Å². The predicted octanol–water partition coefficient (Wildman–Crippen LogP) is 3.80. The number of hydrogen-bond acceptors (Lipinski definition) is 4. The molecule has 31 heavy (non-hydrogen) atoms. The lowest BCUT2D eigenvalue weighted by atomic mass is 10.1. The molecule has 3 rings (SSSR count). The maximum Gasteiger partial charge on any atom is 0.191 e.